The first-order valence-electron chi connectivity index (χ1n) is 6.42. The van der Waals surface area contributed by atoms with Gasteiger partial charge in [0.2, 0.25) is 0 Å². The Hall–Kier alpha value is -2.62. The lowest BCUT2D eigenvalue weighted by atomic mass is 10.1. The van der Waals surface area contributed by atoms with Crippen LogP contribution in [0.5, 0.6) is 0 Å². The molecular formula is C16H14N2O2. The molecule has 0 saturated heterocycles. The van der Waals surface area contributed by atoms with Crippen molar-refractivity contribution in [1.29, 1.82) is 0 Å². The summed E-state index contributed by atoms with van der Waals surface area (Å²) in [4.78, 5) is 26.1. The Balaban J connectivity index is 2.02. The zero-order valence-electron chi connectivity index (χ0n) is 11.0. The van der Waals surface area contributed by atoms with Crippen LogP contribution in [0.4, 0.5) is 5.69 Å². The van der Waals surface area contributed by atoms with Gasteiger partial charge in [-0.1, -0.05) is 30.3 Å². The monoisotopic (exact) mass is 266 g/mol. The van der Waals surface area contributed by atoms with Crippen molar-refractivity contribution < 1.29 is 9.59 Å². The van der Waals surface area contributed by atoms with Gasteiger partial charge in [0.25, 0.3) is 11.8 Å². The molecule has 0 unspecified atom stereocenters. The Morgan fingerprint density at radius 3 is 2.30 bits per heavy atom. The van der Waals surface area contributed by atoms with Crippen molar-refractivity contribution in [3.8, 4) is 0 Å². The molecule has 1 atom stereocenters. The molecule has 20 heavy (non-hydrogen) atoms. The van der Waals surface area contributed by atoms with Crippen molar-refractivity contribution in [3.63, 3.8) is 0 Å². The minimum absolute atomic E-state index is 0.263. The van der Waals surface area contributed by atoms with Crippen molar-refractivity contribution in [2.45, 2.75) is 13.0 Å². The van der Waals surface area contributed by atoms with E-state index in [9.17, 15) is 9.59 Å². The maximum Gasteiger partial charge on any atom is 0.262 e. The summed E-state index contributed by atoms with van der Waals surface area (Å²) in [6, 6.07) is 14.0. The fraction of sp³-hybridized carbons (Fsp3) is 0.125. The predicted molar refractivity (Wildman–Crippen MR) is 76.2 cm³/mol. The second-order valence-corrected chi connectivity index (χ2v) is 4.87. The van der Waals surface area contributed by atoms with E-state index >= 15 is 0 Å². The molecule has 2 N–H and O–H groups in total. The fourth-order valence-corrected chi connectivity index (χ4v) is 2.51. The number of carbonyl (C=O) groups is 2. The summed E-state index contributed by atoms with van der Waals surface area (Å²) in [6.45, 7) is 1.85. The standard InChI is InChI=1S/C16H14N2O2/c1-10(11-5-3-2-4-6-11)18-15(19)13-8-7-12(17)9-14(13)16(18)20/h2-10H,17H2,1H3/t10-/m1/s1. The Labute approximate surface area is 116 Å². The first kappa shape index (κ1) is 12.4. The summed E-state index contributed by atoms with van der Waals surface area (Å²) in [5, 5.41) is 0. The first-order chi connectivity index (χ1) is 9.59. The first-order valence-corrected chi connectivity index (χ1v) is 6.42. The van der Waals surface area contributed by atoms with E-state index in [0.717, 1.165) is 5.56 Å². The number of hydrogen-bond acceptors (Lipinski definition) is 3. The number of anilines is 1. The number of amides is 2. The molecule has 3 rings (SSSR count). The highest BCUT2D eigenvalue weighted by Crippen LogP contribution is 2.31. The summed E-state index contributed by atoms with van der Waals surface area (Å²) in [5.74, 6) is -0.546. The molecule has 0 radical (unpaired) electrons. The summed E-state index contributed by atoms with van der Waals surface area (Å²) < 4.78 is 0. The molecule has 0 spiro atoms. The van der Waals surface area contributed by atoms with Crippen molar-refractivity contribution in [3.05, 3.63) is 65.2 Å². The molecule has 2 aromatic rings. The van der Waals surface area contributed by atoms with Gasteiger partial charge in [0, 0.05) is 5.69 Å². The van der Waals surface area contributed by atoms with E-state index in [1.165, 1.54) is 4.90 Å². The topological polar surface area (TPSA) is 63.4 Å². The van der Waals surface area contributed by atoms with Crippen LogP contribution in [0.2, 0.25) is 0 Å². The minimum Gasteiger partial charge on any atom is -0.399 e. The lowest BCUT2D eigenvalue weighted by molar-refractivity contribution is 0.0595. The number of fused-ring (bicyclic) bond motifs is 1. The number of imide groups is 1. The molecule has 2 amide bonds. The number of nitrogens with zero attached hydrogens (tertiary/aromatic N) is 1. The van der Waals surface area contributed by atoms with Crippen molar-refractivity contribution in [2.75, 3.05) is 5.73 Å². The van der Waals surface area contributed by atoms with Gasteiger partial charge in [-0.3, -0.25) is 14.5 Å². The molecule has 0 aliphatic carbocycles. The average Bonchev–Trinajstić information content (AvgIpc) is 2.71. The number of hydrogen-bond donors (Lipinski definition) is 1. The van der Waals surface area contributed by atoms with Crippen molar-refractivity contribution >= 4 is 17.5 Å². The van der Waals surface area contributed by atoms with E-state index in [2.05, 4.69) is 0 Å². The Bertz CT molecular complexity index is 695. The van der Waals surface area contributed by atoms with Gasteiger partial charge in [0.05, 0.1) is 17.2 Å². The lowest BCUT2D eigenvalue weighted by Gasteiger charge is -2.22. The predicted octanol–water partition coefficient (Wildman–Crippen LogP) is 2.63. The maximum atomic E-state index is 12.4. The van der Waals surface area contributed by atoms with Gasteiger partial charge in [0.15, 0.2) is 0 Å². The lowest BCUT2D eigenvalue weighted by Crippen LogP contribution is -2.32. The zero-order valence-corrected chi connectivity index (χ0v) is 11.0. The quantitative estimate of drug-likeness (QED) is 0.671. The SMILES string of the molecule is C[C@H](c1ccccc1)N1C(=O)c2ccc(N)cc2C1=O. The fourth-order valence-electron chi connectivity index (χ4n) is 2.51. The minimum atomic E-state index is -0.301. The normalized spacial score (nSPS) is 15.3. The van der Waals surface area contributed by atoms with E-state index < -0.39 is 0 Å². The van der Waals surface area contributed by atoms with E-state index in [1.807, 2.05) is 37.3 Å². The number of carbonyl (C=O) groups excluding carboxylic acids is 2. The molecule has 0 bridgehead atoms. The van der Waals surface area contributed by atoms with E-state index in [1.54, 1.807) is 18.2 Å². The highest BCUT2D eigenvalue weighted by atomic mass is 16.2. The number of nitrogen functional groups attached to an aromatic ring is 1. The van der Waals surface area contributed by atoms with Gasteiger partial charge in [-0.2, -0.15) is 0 Å². The molecule has 1 aliphatic heterocycles. The van der Waals surface area contributed by atoms with Crippen LogP contribution < -0.4 is 5.73 Å². The molecule has 1 aliphatic rings. The van der Waals surface area contributed by atoms with Crippen LogP contribution in [0.1, 0.15) is 39.2 Å². The van der Waals surface area contributed by atoms with E-state index in [4.69, 9.17) is 5.73 Å². The second kappa shape index (κ2) is 4.49. The summed E-state index contributed by atoms with van der Waals surface area (Å²) >= 11 is 0. The Kier molecular flexibility index (Phi) is 2.79. The molecule has 0 aromatic heterocycles. The van der Waals surface area contributed by atoms with Crippen LogP contribution in [0.25, 0.3) is 0 Å². The van der Waals surface area contributed by atoms with Crippen molar-refractivity contribution in [1.82, 2.24) is 4.90 Å². The maximum absolute atomic E-state index is 12.4. The molecule has 1 heterocycles. The largest absolute Gasteiger partial charge is 0.399 e. The molecule has 4 nitrogen and oxygen atoms in total. The van der Waals surface area contributed by atoms with Gasteiger partial charge >= 0.3 is 0 Å². The van der Waals surface area contributed by atoms with Gasteiger partial charge < -0.3 is 5.73 Å². The van der Waals surface area contributed by atoms with Gasteiger partial charge in [-0.05, 0) is 30.7 Å². The smallest absolute Gasteiger partial charge is 0.262 e. The van der Waals surface area contributed by atoms with Crippen molar-refractivity contribution in [2.24, 2.45) is 0 Å². The number of benzene rings is 2. The Morgan fingerprint density at radius 1 is 0.950 bits per heavy atom. The summed E-state index contributed by atoms with van der Waals surface area (Å²) in [7, 11) is 0. The third-order valence-electron chi connectivity index (χ3n) is 3.61. The van der Waals surface area contributed by atoms with Gasteiger partial charge in [0.1, 0.15) is 0 Å². The van der Waals surface area contributed by atoms with Crippen LogP contribution in [-0.4, -0.2) is 16.7 Å². The average molecular weight is 266 g/mol. The van der Waals surface area contributed by atoms with E-state index in [0.29, 0.717) is 16.8 Å². The highest BCUT2D eigenvalue weighted by molar-refractivity contribution is 6.21. The van der Waals surface area contributed by atoms with E-state index in [-0.39, 0.29) is 17.9 Å². The molecule has 0 fully saturated rings. The molecule has 4 heteroatoms. The zero-order chi connectivity index (χ0) is 14.3. The molecule has 0 saturated carbocycles. The number of rotatable bonds is 2. The van der Waals surface area contributed by atoms with Crippen LogP contribution in [0.15, 0.2) is 48.5 Å². The number of nitrogens with two attached hydrogens (primary N) is 1. The molecular weight excluding hydrogens is 252 g/mol. The van der Waals surface area contributed by atoms with Crippen LogP contribution in [0.3, 0.4) is 0 Å². The van der Waals surface area contributed by atoms with Crippen LogP contribution in [-0.2, 0) is 0 Å². The molecule has 2 aromatic carbocycles. The van der Waals surface area contributed by atoms with Crippen LogP contribution >= 0.6 is 0 Å². The van der Waals surface area contributed by atoms with Gasteiger partial charge in [-0.15, -0.1) is 0 Å². The molecule has 100 valence electrons. The summed E-state index contributed by atoms with van der Waals surface area (Å²) in [6.07, 6.45) is 0. The third kappa shape index (κ3) is 1.77. The summed E-state index contributed by atoms with van der Waals surface area (Å²) in [5.41, 5.74) is 7.91. The van der Waals surface area contributed by atoms with Crippen LogP contribution in [0, 0.1) is 0 Å². The Morgan fingerprint density at radius 2 is 1.60 bits per heavy atom. The second-order valence-electron chi connectivity index (χ2n) is 4.87. The highest BCUT2D eigenvalue weighted by Gasteiger charge is 2.38. The third-order valence-corrected chi connectivity index (χ3v) is 3.61. The van der Waals surface area contributed by atoms with Gasteiger partial charge in [-0.25, -0.2) is 0 Å².